The van der Waals surface area contributed by atoms with Crippen LogP contribution >= 0.6 is 0 Å². The first kappa shape index (κ1) is 69.3. The molecule has 0 N–H and O–H groups in total. The van der Waals surface area contributed by atoms with Crippen LogP contribution in [-0.4, -0.2) is 37.2 Å². The Morgan fingerprint density at radius 3 is 0.851 bits per heavy atom. The van der Waals surface area contributed by atoms with Crippen molar-refractivity contribution in [3.8, 4) is 0 Å². The number of ether oxygens (including phenoxy) is 3. The van der Waals surface area contributed by atoms with E-state index in [1.807, 2.05) is 0 Å². The van der Waals surface area contributed by atoms with Gasteiger partial charge >= 0.3 is 17.9 Å². The normalized spacial score (nSPS) is 13.2. The number of carbonyl (C=O) groups excluding carboxylic acids is 3. The fourth-order valence-electron chi connectivity index (χ4n) is 7.68. The van der Waals surface area contributed by atoms with Crippen LogP contribution in [0.25, 0.3) is 0 Å². The molecule has 0 amide bonds. The summed E-state index contributed by atoms with van der Waals surface area (Å²) in [6.45, 7) is 6.34. The lowest BCUT2D eigenvalue weighted by molar-refractivity contribution is -0.167. The Labute approximate surface area is 455 Å². The van der Waals surface area contributed by atoms with E-state index >= 15 is 0 Å². The lowest BCUT2D eigenvalue weighted by atomic mass is 10.1. The van der Waals surface area contributed by atoms with Gasteiger partial charge in [-0.15, -0.1) is 0 Å². The van der Waals surface area contributed by atoms with Crippen LogP contribution in [0.1, 0.15) is 245 Å². The third-order valence-electron chi connectivity index (χ3n) is 12.1. The van der Waals surface area contributed by atoms with Gasteiger partial charge in [0.15, 0.2) is 6.10 Å². The van der Waals surface area contributed by atoms with Crippen LogP contribution in [0.5, 0.6) is 0 Å². The smallest absolute Gasteiger partial charge is 0.306 e. The van der Waals surface area contributed by atoms with Crippen LogP contribution in [0.3, 0.4) is 0 Å². The van der Waals surface area contributed by atoms with Crippen molar-refractivity contribution in [3.63, 3.8) is 0 Å². The van der Waals surface area contributed by atoms with E-state index in [1.54, 1.807) is 0 Å². The fraction of sp³-hybridized carbons (Fsp3) is 0.603. The first-order valence-electron chi connectivity index (χ1n) is 29.8. The highest BCUT2D eigenvalue weighted by Gasteiger charge is 2.19. The maximum atomic E-state index is 12.9. The molecule has 0 fully saturated rings. The molecule has 0 aliphatic rings. The number of rotatable bonds is 52. The highest BCUT2D eigenvalue weighted by atomic mass is 16.6. The Kier molecular flexibility index (Phi) is 57.0. The largest absolute Gasteiger partial charge is 0.462 e. The summed E-state index contributed by atoms with van der Waals surface area (Å²) in [5.74, 6) is -0.968. The second-order valence-electron chi connectivity index (χ2n) is 19.1. The minimum Gasteiger partial charge on any atom is -0.462 e. The summed E-state index contributed by atoms with van der Waals surface area (Å²) >= 11 is 0. The second-order valence-corrected chi connectivity index (χ2v) is 19.1. The lowest BCUT2D eigenvalue weighted by Gasteiger charge is -2.18. The number of unbranched alkanes of at least 4 members (excludes halogenated alkanes) is 17. The summed E-state index contributed by atoms with van der Waals surface area (Å²) in [6, 6.07) is 0. The molecule has 0 rings (SSSR count). The molecule has 0 spiro atoms. The Morgan fingerprint density at radius 1 is 0.284 bits per heavy atom. The third-order valence-corrected chi connectivity index (χ3v) is 12.1. The molecule has 0 radical (unpaired) electrons. The van der Waals surface area contributed by atoms with Crippen LogP contribution in [0, 0.1) is 0 Å². The number of hydrogen-bond donors (Lipinski definition) is 0. The number of hydrogen-bond acceptors (Lipinski definition) is 6. The van der Waals surface area contributed by atoms with Gasteiger partial charge in [-0.25, -0.2) is 0 Å². The van der Waals surface area contributed by atoms with E-state index in [9.17, 15) is 14.4 Å². The molecule has 0 aromatic carbocycles. The molecule has 416 valence electrons. The molecule has 0 saturated carbocycles. The highest BCUT2D eigenvalue weighted by molar-refractivity contribution is 5.71. The van der Waals surface area contributed by atoms with Crippen LogP contribution in [-0.2, 0) is 28.6 Å². The minimum absolute atomic E-state index is 0.102. The zero-order valence-electron chi connectivity index (χ0n) is 47.5. The molecule has 0 aromatic rings. The number of allylic oxidation sites excluding steroid dienone is 24. The predicted molar refractivity (Wildman–Crippen MR) is 320 cm³/mol. The molecular weight excluding hydrogens is 913 g/mol. The fourth-order valence-corrected chi connectivity index (χ4v) is 7.68. The summed E-state index contributed by atoms with van der Waals surface area (Å²) in [7, 11) is 0. The molecule has 6 nitrogen and oxygen atoms in total. The SMILES string of the molecule is CC/C=C\C/C=C\C/C=C\C/C=C\C/C=C\C/C=C\C/C=C\C/C=C\CCCCC(=O)OCC(COC(=O)CCCCCCCCCCCC)OC(=O)CCCCCCCC/C=C\C/C=C\C/C=C\C/C=C\CC. The van der Waals surface area contributed by atoms with E-state index in [1.165, 1.54) is 57.8 Å². The zero-order chi connectivity index (χ0) is 53.6. The van der Waals surface area contributed by atoms with Gasteiger partial charge in [0.25, 0.3) is 0 Å². The van der Waals surface area contributed by atoms with E-state index < -0.39 is 6.10 Å². The summed E-state index contributed by atoms with van der Waals surface area (Å²) in [6.07, 6.45) is 87.0. The molecule has 0 heterocycles. The monoisotopic (exact) mass is 1020 g/mol. The van der Waals surface area contributed by atoms with Gasteiger partial charge in [0.05, 0.1) is 0 Å². The Hall–Kier alpha value is -4.71. The molecule has 0 aromatic heterocycles. The van der Waals surface area contributed by atoms with Gasteiger partial charge in [0.1, 0.15) is 13.2 Å². The van der Waals surface area contributed by atoms with Crippen molar-refractivity contribution < 1.29 is 28.6 Å². The molecule has 74 heavy (non-hydrogen) atoms. The second kappa shape index (κ2) is 60.8. The van der Waals surface area contributed by atoms with Gasteiger partial charge in [-0.05, 0) is 122 Å². The number of carbonyl (C=O) groups is 3. The van der Waals surface area contributed by atoms with E-state index in [2.05, 4.69) is 167 Å². The van der Waals surface area contributed by atoms with Crippen molar-refractivity contribution in [3.05, 3.63) is 146 Å². The average molecular weight is 1020 g/mol. The Morgan fingerprint density at radius 2 is 0.527 bits per heavy atom. The number of esters is 3. The van der Waals surface area contributed by atoms with Crippen LogP contribution < -0.4 is 0 Å². The Bertz CT molecular complexity index is 1640. The summed E-state index contributed by atoms with van der Waals surface area (Å²) in [5.41, 5.74) is 0. The maximum Gasteiger partial charge on any atom is 0.306 e. The topological polar surface area (TPSA) is 78.9 Å². The molecule has 0 bridgehead atoms. The molecule has 0 saturated heterocycles. The first-order valence-corrected chi connectivity index (χ1v) is 29.8. The summed E-state index contributed by atoms with van der Waals surface area (Å²) in [5, 5.41) is 0. The van der Waals surface area contributed by atoms with Gasteiger partial charge in [-0.1, -0.05) is 250 Å². The lowest BCUT2D eigenvalue weighted by Crippen LogP contribution is -2.30. The maximum absolute atomic E-state index is 12.9. The van der Waals surface area contributed by atoms with E-state index in [0.717, 1.165) is 141 Å². The van der Waals surface area contributed by atoms with Gasteiger partial charge in [0.2, 0.25) is 0 Å². The molecule has 0 aliphatic heterocycles. The molecular formula is C68H108O6. The standard InChI is InChI=1S/C68H108O6/c1-4-7-10-13-16-19-22-24-26-28-30-31-32-33-34-35-36-37-39-40-42-44-46-49-52-55-58-61-67(70)73-64-65(63-72-66(69)60-57-54-51-48-21-18-15-12-9-6-3)74-68(71)62-59-56-53-50-47-45-43-41-38-29-27-25-23-20-17-14-11-8-5-2/h7-8,10-11,16-17,19-20,24-27,30-31,33-34,36-38,40-42,46,49,65H,4-6,9,12-15,18,21-23,28-29,32,35,39,43-45,47-48,50-64H2,1-3H3/b10-7-,11-8-,19-16-,20-17-,26-24-,27-25-,31-30-,34-33-,37-36-,41-38-,42-40-,49-46-. The van der Waals surface area contributed by atoms with Gasteiger partial charge in [-0.3, -0.25) is 14.4 Å². The van der Waals surface area contributed by atoms with Gasteiger partial charge in [0, 0.05) is 19.3 Å². The first-order chi connectivity index (χ1) is 36.5. The van der Waals surface area contributed by atoms with E-state index in [0.29, 0.717) is 25.7 Å². The van der Waals surface area contributed by atoms with Crippen molar-refractivity contribution in [2.24, 2.45) is 0 Å². The average Bonchev–Trinajstić information content (AvgIpc) is 3.40. The highest BCUT2D eigenvalue weighted by Crippen LogP contribution is 2.14. The van der Waals surface area contributed by atoms with Crippen molar-refractivity contribution >= 4 is 17.9 Å². The van der Waals surface area contributed by atoms with Crippen molar-refractivity contribution in [2.75, 3.05) is 13.2 Å². The van der Waals surface area contributed by atoms with E-state index in [4.69, 9.17) is 14.2 Å². The molecule has 6 heteroatoms. The van der Waals surface area contributed by atoms with Crippen LogP contribution in [0.4, 0.5) is 0 Å². The quantitative estimate of drug-likeness (QED) is 0.0261. The van der Waals surface area contributed by atoms with Crippen LogP contribution in [0.2, 0.25) is 0 Å². The van der Waals surface area contributed by atoms with E-state index in [-0.39, 0.29) is 31.1 Å². The minimum atomic E-state index is -0.808. The third kappa shape index (κ3) is 58.2. The molecule has 1 unspecified atom stereocenters. The zero-order valence-corrected chi connectivity index (χ0v) is 47.5. The summed E-state index contributed by atoms with van der Waals surface area (Å²) in [4.78, 5) is 38.1. The Balaban J connectivity index is 4.42. The van der Waals surface area contributed by atoms with Crippen molar-refractivity contribution in [2.45, 2.75) is 252 Å². The van der Waals surface area contributed by atoms with Crippen molar-refractivity contribution in [1.29, 1.82) is 0 Å². The van der Waals surface area contributed by atoms with Gasteiger partial charge in [-0.2, -0.15) is 0 Å². The molecule has 0 aliphatic carbocycles. The van der Waals surface area contributed by atoms with Crippen LogP contribution in [0.15, 0.2) is 146 Å². The predicted octanol–water partition coefficient (Wildman–Crippen LogP) is 20.4. The van der Waals surface area contributed by atoms with Crippen molar-refractivity contribution in [1.82, 2.24) is 0 Å². The molecule has 1 atom stereocenters. The summed E-state index contributed by atoms with van der Waals surface area (Å²) < 4.78 is 16.8. The van der Waals surface area contributed by atoms with Gasteiger partial charge < -0.3 is 14.2 Å².